The number of rotatable bonds is 2. The highest BCUT2D eigenvalue weighted by atomic mass is 32.2. The molecule has 2 fully saturated rings. The van der Waals surface area contributed by atoms with Crippen LogP contribution in [0.3, 0.4) is 0 Å². The Balaban J connectivity index is 2.01. The van der Waals surface area contributed by atoms with Crippen molar-refractivity contribution in [2.75, 3.05) is 0 Å². The fourth-order valence-corrected chi connectivity index (χ4v) is 5.41. The molecule has 1 aromatic rings. The molecule has 1 saturated carbocycles. The second kappa shape index (κ2) is 5.13. The molecule has 4 nitrogen and oxygen atoms in total. The molecule has 1 aliphatic heterocycles. The third-order valence-electron chi connectivity index (χ3n) is 4.91. The van der Waals surface area contributed by atoms with Crippen molar-refractivity contribution >= 4 is 15.9 Å². The third kappa shape index (κ3) is 2.27. The Bertz CT molecular complexity index is 651. The normalized spacial score (nSPS) is 29.5. The zero-order valence-corrected chi connectivity index (χ0v) is 13.3. The number of fused-ring (bicyclic) bond motifs is 1. The van der Waals surface area contributed by atoms with Gasteiger partial charge in [0.1, 0.15) is 0 Å². The van der Waals surface area contributed by atoms with Gasteiger partial charge in [-0.15, -0.1) is 0 Å². The Morgan fingerprint density at radius 3 is 2.38 bits per heavy atom. The summed E-state index contributed by atoms with van der Waals surface area (Å²) >= 11 is 0. The van der Waals surface area contributed by atoms with E-state index in [0.29, 0.717) is 0 Å². The van der Waals surface area contributed by atoms with Crippen LogP contribution in [0.15, 0.2) is 29.2 Å². The average Bonchev–Trinajstić information content (AvgIpc) is 2.72. The van der Waals surface area contributed by atoms with E-state index in [2.05, 4.69) is 0 Å². The molecule has 1 heterocycles. The van der Waals surface area contributed by atoms with Crippen LogP contribution in [0.2, 0.25) is 0 Å². The number of hydrogen-bond donors (Lipinski definition) is 0. The van der Waals surface area contributed by atoms with Crippen molar-refractivity contribution in [3.63, 3.8) is 0 Å². The highest BCUT2D eigenvalue weighted by Gasteiger charge is 2.51. The smallest absolute Gasteiger partial charge is 0.266 e. The molecule has 114 valence electrons. The van der Waals surface area contributed by atoms with Gasteiger partial charge in [0, 0.05) is 5.92 Å². The van der Waals surface area contributed by atoms with E-state index >= 15 is 0 Å². The summed E-state index contributed by atoms with van der Waals surface area (Å²) in [5.41, 5.74) is 1.01. The Morgan fingerprint density at radius 2 is 1.71 bits per heavy atom. The summed E-state index contributed by atoms with van der Waals surface area (Å²) in [7, 11) is -3.72. The largest absolute Gasteiger partial charge is 0.273 e. The lowest BCUT2D eigenvalue weighted by atomic mass is 9.81. The van der Waals surface area contributed by atoms with E-state index in [-0.39, 0.29) is 28.7 Å². The van der Waals surface area contributed by atoms with Crippen molar-refractivity contribution in [3.05, 3.63) is 29.8 Å². The quantitative estimate of drug-likeness (QED) is 0.844. The number of benzene rings is 1. The predicted octanol–water partition coefficient (Wildman–Crippen LogP) is 2.72. The maximum Gasteiger partial charge on any atom is 0.266 e. The summed E-state index contributed by atoms with van der Waals surface area (Å²) < 4.78 is 26.9. The summed E-state index contributed by atoms with van der Waals surface area (Å²) in [5.74, 6) is -0.227. The standard InChI is InChI=1S/C16H21NO3S/c1-11-7-9-13(10-8-11)21(19,20)17-15-6-4-3-5-14(15)12(2)16(17)18/h7-10,12,14-15H,3-6H2,1-2H3/t12?,14-,15+/m1/s1. The summed E-state index contributed by atoms with van der Waals surface area (Å²) in [4.78, 5) is 12.7. The van der Waals surface area contributed by atoms with Crippen molar-refractivity contribution in [2.45, 2.75) is 50.5 Å². The summed E-state index contributed by atoms with van der Waals surface area (Å²) in [6, 6.07) is 6.59. The molecule has 3 rings (SSSR count). The molecule has 21 heavy (non-hydrogen) atoms. The van der Waals surface area contributed by atoms with Crippen LogP contribution in [-0.2, 0) is 14.8 Å². The van der Waals surface area contributed by atoms with Gasteiger partial charge in [-0.2, -0.15) is 0 Å². The Hall–Kier alpha value is -1.36. The second-order valence-corrected chi connectivity index (χ2v) is 8.07. The van der Waals surface area contributed by atoms with Crippen molar-refractivity contribution in [1.82, 2.24) is 4.31 Å². The molecular formula is C16H21NO3S. The van der Waals surface area contributed by atoms with Crippen LogP contribution in [0.5, 0.6) is 0 Å². The Morgan fingerprint density at radius 1 is 1.10 bits per heavy atom. The molecule has 3 atom stereocenters. The van der Waals surface area contributed by atoms with Gasteiger partial charge in [0.05, 0.1) is 10.9 Å². The molecule has 0 spiro atoms. The van der Waals surface area contributed by atoms with E-state index in [4.69, 9.17) is 0 Å². The highest BCUT2D eigenvalue weighted by molar-refractivity contribution is 7.89. The minimum Gasteiger partial charge on any atom is -0.273 e. The first-order valence-corrected chi connectivity index (χ1v) is 9.02. The van der Waals surface area contributed by atoms with Crippen LogP contribution in [0.4, 0.5) is 0 Å². The second-order valence-electron chi connectivity index (χ2n) is 6.26. The molecule has 1 unspecified atom stereocenters. The summed E-state index contributed by atoms with van der Waals surface area (Å²) in [5, 5.41) is 0. The van der Waals surface area contributed by atoms with E-state index in [1.165, 1.54) is 4.31 Å². The van der Waals surface area contributed by atoms with E-state index in [1.54, 1.807) is 24.3 Å². The molecule has 1 aromatic carbocycles. The first-order valence-electron chi connectivity index (χ1n) is 7.58. The number of sulfonamides is 1. The molecule has 0 aromatic heterocycles. The molecule has 1 saturated heterocycles. The molecule has 1 amide bonds. The summed E-state index contributed by atoms with van der Waals surface area (Å²) in [6.07, 6.45) is 3.85. The minimum absolute atomic E-state index is 0.146. The van der Waals surface area contributed by atoms with Crippen LogP contribution in [-0.4, -0.2) is 24.7 Å². The van der Waals surface area contributed by atoms with Crippen molar-refractivity contribution in [2.24, 2.45) is 11.8 Å². The van der Waals surface area contributed by atoms with Crippen LogP contribution in [0.1, 0.15) is 38.2 Å². The highest BCUT2D eigenvalue weighted by Crippen LogP contribution is 2.43. The molecule has 5 heteroatoms. The number of carbonyl (C=O) groups excluding carboxylic acids is 1. The van der Waals surface area contributed by atoms with Crippen LogP contribution >= 0.6 is 0 Å². The fourth-order valence-electron chi connectivity index (χ4n) is 3.68. The van der Waals surface area contributed by atoms with E-state index < -0.39 is 10.0 Å². The molecule has 0 radical (unpaired) electrons. The van der Waals surface area contributed by atoms with Gasteiger partial charge in [-0.3, -0.25) is 4.79 Å². The van der Waals surface area contributed by atoms with Crippen molar-refractivity contribution in [3.8, 4) is 0 Å². The van der Waals surface area contributed by atoms with Crippen LogP contribution < -0.4 is 0 Å². The number of carbonyl (C=O) groups is 1. The molecule has 0 bridgehead atoms. The molecule has 1 aliphatic carbocycles. The number of aryl methyl sites for hydroxylation is 1. The fraction of sp³-hybridized carbons (Fsp3) is 0.562. The van der Waals surface area contributed by atoms with Gasteiger partial charge in [-0.1, -0.05) is 37.5 Å². The van der Waals surface area contributed by atoms with Crippen molar-refractivity contribution in [1.29, 1.82) is 0 Å². The van der Waals surface area contributed by atoms with Gasteiger partial charge >= 0.3 is 0 Å². The van der Waals surface area contributed by atoms with Crippen LogP contribution in [0, 0.1) is 18.8 Å². The first kappa shape index (κ1) is 14.6. The molecule has 2 aliphatic rings. The van der Waals surface area contributed by atoms with Crippen molar-refractivity contribution < 1.29 is 13.2 Å². The lowest BCUT2D eigenvalue weighted by Crippen LogP contribution is -2.41. The van der Waals surface area contributed by atoms with Crippen LogP contribution in [0.25, 0.3) is 0 Å². The van der Waals surface area contributed by atoms with Gasteiger partial charge in [-0.05, 0) is 37.8 Å². The maximum absolute atomic E-state index is 12.9. The zero-order chi connectivity index (χ0) is 15.2. The monoisotopic (exact) mass is 307 g/mol. The predicted molar refractivity (Wildman–Crippen MR) is 80.1 cm³/mol. The van der Waals surface area contributed by atoms with Gasteiger partial charge < -0.3 is 0 Å². The minimum atomic E-state index is -3.72. The van der Waals surface area contributed by atoms with Gasteiger partial charge in [0.25, 0.3) is 10.0 Å². The summed E-state index contributed by atoms with van der Waals surface area (Å²) in [6.45, 7) is 3.78. The van der Waals surface area contributed by atoms with E-state index in [0.717, 1.165) is 31.2 Å². The third-order valence-corrected chi connectivity index (χ3v) is 6.75. The van der Waals surface area contributed by atoms with Gasteiger partial charge in [0.15, 0.2) is 0 Å². The number of hydrogen-bond acceptors (Lipinski definition) is 3. The average molecular weight is 307 g/mol. The molecular weight excluding hydrogens is 286 g/mol. The molecule has 0 N–H and O–H groups in total. The maximum atomic E-state index is 12.9. The zero-order valence-electron chi connectivity index (χ0n) is 12.5. The van der Waals surface area contributed by atoms with E-state index in [9.17, 15) is 13.2 Å². The number of nitrogens with zero attached hydrogens (tertiary/aromatic N) is 1. The van der Waals surface area contributed by atoms with Gasteiger partial charge in [-0.25, -0.2) is 12.7 Å². The van der Waals surface area contributed by atoms with E-state index in [1.807, 2.05) is 13.8 Å². The Kier molecular flexibility index (Phi) is 3.56. The lowest BCUT2D eigenvalue weighted by Gasteiger charge is -2.31. The lowest BCUT2D eigenvalue weighted by molar-refractivity contribution is -0.127. The van der Waals surface area contributed by atoms with Gasteiger partial charge in [0.2, 0.25) is 5.91 Å². The Labute approximate surface area is 126 Å². The first-order chi connectivity index (χ1) is 9.93. The topological polar surface area (TPSA) is 54.5 Å². The SMILES string of the molecule is Cc1ccc(S(=O)(=O)N2C(=O)C(C)[C@H]3CCCC[C@@H]32)cc1. The number of amides is 1.